The summed E-state index contributed by atoms with van der Waals surface area (Å²) in [7, 11) is 1.53. The van der Waals surface area contributed by atoms with Crippen LogP contribution in [0.4, 0.5) is 4.79 Å². The Morgan fingerprint density at radius 2 is 2.06 bits per heavy atom. The summed E-state index contributed by atoms with van der Waals surface area (Å²) in [6.45, 7) is 6.37. The Hall–Kier alpha value is -1.30. The number of morpholine rings is 1. The lowest BCUT2D eigenvalue weighted by Gasteiger charge is -2.35. The molecular weight excluding hydrogens is 224 g/mol. The highest BCUT2D eigenvalue weighted by Crippen LogP contribution is 2.14. The summed E-state index contributed by atoms with van der Waals surface area (Å²) in [5, 5.41) is 2.51. The first-order chi connectivity index (χ1) is 7.85. The second kappa shape index (κ2) is 5.35. The maximum absolute atomic E-state index is 11.9. The molecule has 0 bridgehead atoms. The average molecular weight is 244 g/mol. The molecule has 1 saturated heterocycles. The van der Waals surface area contributed by atoms with Crippen LogP contribution in [0.15, 0.2) is 0 Å². The van der Waals surface area contributed by atoms with E-state index in [-0.39, 0.29) is 12.5 Å². The average Bonchev–Trinajstić information content (AvgIpc) is 2.25. The van der Waals surface area contributed by atoms with Gasteiger partial charge in [-0.25, -0.2) is 4.79 Å². The fourth-order valence-electron chi connectivity index (χ4n) is 1.53. The van der Waals surface area contributed by atoms with Crippen molar-refractivity contribution in [2.75, 3.05) is 26.8 Å². The van der Waals surface area contributed by atoms with Crippen LogP contribution in [-0.2, 0) is 14.3 Å². The van der Waals surface area contributed by atoms with Gasteiger partial charge in [-0.15, -0.1) is 0 Å². The number of hydrogen-bond donors (Lipinski definition) is 1. The van der Waals surface area contributed by atoms with Gasteiger partial charge in [0.1, 0.15) is 11.6 Å². The number of rotatable bonds is 1. The molecule has 98 valence electrons. The van der Waals surface area contributed by atoms with Crippen molar-refractivity contribution < 1.29 is 19.1 Å². The summed E-state index contributed by atoms with van der Waals surface area (Å²) in [4.78, 5) is 24.9. The highest BCUT2D eigenvalue weighted by molar-refractivity contribution is 5.85. The highest BCUT2D eigenvalue weighted by atomic mass is 16.6. The van der Waals surface area contributed by atoms with Gasteiger partial charge in [-0.1, -0.05) is 0 Å². The normalized spacial score (nSPS) is 20.9. The molecule has 1 atom stereocenters. The number of hydrogen-bond acceptors (Lipinski definition) is 4. The first kappa shape index (κ1) is 13.8. The Balaban J connectivity index is 2.71. The van der Waals surface area contributed by atoms with Gasteiger partial charge in [0.25, 0.3) is 0 Å². The Morgan fingerprint density at radius 3 is 2.59 bits per heavy atom. The van der Waals surface area contributed by atoms with Crippen LogP contribution in [0.25, 0.3) is 0 Å². The lowest BCUT2D eigenvalue weighted by atomic mass is 10.2. The lowest BCUT2D eigenvalue weighted by Crippen LogP contribution is -2.56. The van der Waals surface area contributed by atoms with Gasteiger partial charge in [-0.2, -0.15) is 0 Å². The van der Waals surface area contributed by atoms with Crippen molar-refractivity contribution >= 4 is 12.0 Å². The van der Waals surface area contributed by atoms with E-state index < -0.39 is 17.7 Å². The number of likely N-dealkylation sites (N-methyl/N-ethyl adjacent to an activating group) is 1. The molecule has 0 saturated carbocycles. The van der Waals surface area contributed by atoms with E-state index >= 15 is 0 Å². The minimum Gasteiger partial charge on any atom is -0.444 e. The second-order valence-corrected chi connectivity index (χ2v) is 4.88. The highest BCUT2D eigenvalue weighted by Gasteiger charge is 2.34. The zero-order valence-corrected chi connectivity index (χ0v) is 10.8. The van der Waals surface area contributed by atoms with E-state index in [1.54, 1.807) is 20.8 Å². The monoisotopic (exact) mass is 244 g/mol. The Labute approximate surface area is 101 Å². The van der Waals surface area contributed by atoms with E-state index in [9.17, 15) is 9.59 Å². The molecule has 17 heavy (non-hydrogen) atoms. The summed E-state index contributed by atoms with van der Waals surface area (Å²) in [5.74, 6) is -0.240. The third-order valence-electron chi connectivity index (χ3n) is 2.31. The van der Waals surface area contributed by atoms with E-state index in [2.05, 4.69) is 5.32 Å². The summed E-state index contributed by atoms with van der Waals surface area (Å²) < 4.78 is 10.5. The fourth-order valence-corrected chi connectivity index (χ4v) is 1.53. The summed E-state index contributed by atoms with van der Waals surface area (Å²) in [6, 6.07) is -0.608. The van der Waals surface area contributed by atoms with Crippen LogP contribution in [0.1, 0.15) is 20.8 Å². The van der Waals surface area contributed by atoms with Crippen LogP contribution in [0.5, 0.6) is 0 Å². The molecule has 0 aromatic heterocycles. The van der Waals surface area contributed by atoms with Crippen LogP contribution in [0, 0.1) is 0 Å². The number of carbonyl (C=O) groups excluding carboxylic acids is 2. The molecule has 6 heteroatoms. The van der Waals surface area contributed by atoms with E-state index in [1.165, 1.54) is 11.9 Å². The quantitative estimate of drug-likeness (QED) is 0.723. The Morgan fingerprint density at radius 1 is 1.41 bits per heavy atom. The van der Waals surface area contributed by atoms with Crippen LogP contribution in [-0.4, -0.2) is 55.3 Å². The molecule has 6 nitrogen and oxygen atoms in total. The first-order valence-corrected chi connectivity index (χ1v) is 5.64. The fraction of sp³-hybridized carbons (Fsp3) is 0.818. The van der Waals surface area contributed by atoms with Crippen molar-refractivity contribution in [1.29, 1.82) is 0 Å². The topological polar surface area (TPSA) is 67.9 Å². The van der Waals surface area contributed by atoms with Crippen LogP contribution in [0.3, 0.4) is 0 Å². The minimum absolute atomic E-state index is 0.207. The Bertz CT molecular complexity index is 298. The smallest absolute Gasteiger partial charge is 0.411 e. The van der Waals surface area contributed by atoms with Gasteiger partial charge in [-0.3, -0.25) is 9.69 Å². The van der Waals surface area contributed by atoms with Gasteiger partial charge < -0.3 is 14.8 Å². The zero-order chi connectivity index (χ0) is 13.1. The summed E-state index contributed by atoms with van der Waals surface area (Å²) in [5.41, 5.74) is -0.567. The number of nitrogens with zero attached hydrogens (tertiary/aromatic N) is 1. The Kier molecular flexibility index (Phi) is 4.34. The molecule has 0 aliphatic carbocycles. The third kappa shape index (κ3) is 3.89. The van der Waals surface area contributed by atoms with Gasteiger partial charge in [-0.05, 0) is 20.8 Å². The predicted octanol–water partition coefficient (Wildman–Crippen LogP) is 0.368. The molecule has 0 aromatic carbocycles. The summed E-state index contributed by atoms with van der Waals surface area (Å²) >= 11 is 0. The standard InChI is InChI=1S/C11H20N2O4/c1-11(2,3)17-10(15)13-5-6-16-7-8(13)9(14)12-4/h8H,5-7H2,1-4H3,(H,12,14). The maximum atomic E-state index is 11.9. The second-order valence-electron chi connectivity index (χ2n) is 4.88. The van der Waals surface area contributed by atoms with Gasteiger partial charge in [0.05, 0.1) is 13.2 Å². The van der Waals surface area contributed by atoms with Crippen molar-refractivity contribution in [2.45, 2.75) is 32.4 Å². The number of amides is 2. The molecule has 1 rings (SSSR count). The van der Waals surface area contributed by atoms with Gasteiger partial charge in [0.15, 0.2) is 0 Å². The van der Waals surface area contributed by atoms with Crippen molar-refractivity contribution in [1.82, 2.24) is 10.2 Å². The van der Waals surface area contributed by atoms with Gasteiger partial charge in [0.2, 0.25) is 5.91 Å². The first-order valence-electron chi connectivity index (χ1n) is 5.64. The molecule has 0 aromatic rings. The molecule has 1 aliphatic rings. The largest absolute Gasteiger partial charge is 0.444 e. The third-order valence-corrected chi connectivity index (χ3v) is 2.31. The van der Waals surface area contributed by atoms with E-state index in [0.717, 1.165) is 0 Å². The van der Waals surface area contributed by atoms with Crippen molar-refractivity contribution in [2.24, 2.45) is 0 Å². The van der Waals surface area contributed by atoms with Crippen molar-refractivity contribution in [3.8, 4) is 0 Å². The molecule has 1 aliphatic heterocycles. The number of nitrogens with one attached hydrogen (secondary N) is 1. The van der Waals surface area contributed by atoms with E-state index in [1.807, 2.05) is 0 Å². The van der Waals surface area contributed by atoms with E-state index in [4.69, 9.17) is 9.47 Å². The van der Waals surface area contributed by atoms with Crippen LogP contribution in [0.2, 0.25) is 0 Å². The SMILES string of the molecule is CNC(=O)C1COCCN1C(=O)OC(C)(C)C. The van der Waals surface area contributed by atoms with Crippen molar-refractivity contribution in [3.63, 3.8) is 0 Å². The van der Waals surface area contributed by atoms with Crippen molar-refractivity contribution in [3.05, 3.63) is 0 Å². The zero-order valence-electron chi connectivity index (χ0n) is 10.8. The van der Waals surface area contributed by atoms with Gasteiger partial charge in [0, 0.05) is 13.6 Å². The minimum atomic E-state index is -0.608. The molecule has 1 N–H and O–H groups in total. The lowest BCUT2D eigenvalue weighted by molar-refractivity contribution is -0.131. The number of carbonyl (C=O) groups is 2. The predicted molar refractivity (Wildman–Crippen MR) is 61.6 cm³/mol. The molecular formula is C11H20N2O4. The van der Waals surface area contributed by atoms with Crippen LogP contribution < -0.4 is 5.32 Å². The molecule has 1 fully saturated rings. The number of ether oxygens (including phenoxy) is 2. The molecule has 1 unspecified atom stereocenters. The molecule has 0 radical (unpaired) electrons. The summed E-state index contributed by atoms with van der Waals surface area (Å²) in [6.07, 6.45) is -0.477. The molecule has 1 heterocycles. The van der Waals surface area contributed by atoms with Gasteiger partial charge >= 0.3 is 6.09 Å². The van der Waals surface area contributed by atoms with E-state index in [0.29, 0.717) is 13.2 Å². The van der Waals surface area contributed by atoms with Crippen LogP contribution >= 0.6 is 0 Å². The molecule has 0 spiro atoms. The molecule has 2 amide bonds. The maximum Gasteiger partial charge on any atom is 0.411 e.